The van der Waals surface area contributed by atoms with Gasteiger partial charge < -0.3 is 20.5 Å². The number of ether oxygens (including phenoxy) is 1. The Hall–Kier alpha value is -1.46. The Morgan fingerprint density at radius 3 is 2.56 bits per heavy atom. The molecule has 2 amide bonds. The largest absolute Gasteiger partial charge is 0.471 e. The van der Waals surface area contributed by atoms with Gasteiger partial charge in [-0.15, -0.1) is 0 Å². The van der Waals surface area contributed by atoms with Gasteiger partial charge in [0.05, 0.1) is 6.10 Å². The van der Waals surface area contributed by atoms with Crippen molar-refractivity contribution >= 4 is 17.6 Å². The summed E-state index contributed by atoms with van der Waals surface area (Å²) in [7, 11) is 0. The van der Waals surface area contributed by atoms with Gasteiger partial charge in [-0.3, -0.25) is 0 Å². The standard InChI is InChI=1S/C12H17ClN2O3/c1-8(16)7-14-12(17)15-9(2)18-11-5-3-10(13)4-6-11/h3-6,8-9,16H,7H2,1-2H3,(H2,14,15,17). The minimum absolute atomic E-state index is 0.194. The predicted molar refractivity (Wildman–Crippen MR) is 69.8 cm³/mol. The molecule has 3 N–H and O–H groups in total. The van der Waals surface area contributed by atoms with Gasteiger partial charge in [0.2, 0.25) is 0 Å². The van der Waals surface area contributed by atoms with Crippen molar-refractivity contribution in [2.45, 2.75) is 26.2 Å². The second-order valence-electron chi connectivity index (χ2n) is 3.92. The first kappa shape index (κ1) is 14.6. The monoisotopic (exact) mass is 272 g/mol. The molecule has 100 valence electrons. The number of aliphatic hydroxyl groups excluding tert-OH is 1. The summed E-state index contributed by atoms with van der Waals surface area (Å²) in [5.41, 5.74) is 0. The second kappa shape index (κ2) is 7.08. The van der Waals surface area contributed by atoms with Crippen molar-refractivity contribution in [2.24, 2.45) is 0 Å². The minimum atomic E-state index is -0.580. The summed E-state index contributed by atoms with van der Waals surface area (Å²) < 4.78 is 5.45. The molecule has 18 heavy (non-hydrogen) atoms. The van der Waals surface area contributed by atoms with E-state index >= 15 is 0 Å². The zero-order valence-corrected chi connectivity index (χ0v) is 11.1. The van der Waals surface area contributed by atoms with E-state index in [2.05, 4.69) is 10.6 Å². The van der Waals surface area contributed by atoms with Crippen LogP contribution in [-0.2, 0) is 0 Å². The number of halogens is 1. The summed E-state index contributed by atoms with van der Waals surface area (Å²) in [4.78, 5) is 11.4. The molecule has 0 fully saturated rings. The molecule has 1 aromatic carbocycles. The maximum absolute atomic E-state index is 11.4. The molecule has 0 heterocycles. The molecule has 5 nitrogen and oxygen atoms in total. The lowest BCUT2D eigenvalue weighted by molar-refractivity contribution is 0.166. The van der Waals surface area contributed by atoms with Crippen LogP contribution in [0.2, 0.25) is 5.02 Å². The van der Waals surface area contributed by atoms with Crippen molar-refractivity contribution in [3.05, 3.63) is 29.3 Å². The van der Waals surface area contributed by atoms with E-state index in [0.29, 0.717) is 10.8 Å². The van der Waals surface area contributed by atoms with Crippen LogP contribution in [0.25, 0.3) is 0 Å². The molecule has 0 radical (unpaired) electrons. The maximum Gasteiger partial charge on any atom is 0.317 e. The molecule has 1 aromatic rings. The molecular formula is C12H17ClN2O3. The van der Waals surface area contributed by atoms with Gasteiger partial charge >= 0.3 is 6.03 Å². The van der Waals surface area contributed by atoms with Crippen LogP contribution < -0.4 is 15.4 Å². The van der Waals surface area contributed by atoms with Crippen molar-refractivity contribution in [1.82, 2.24) is 10.6 Å². The fraction of sp³-hybridized carbons (Fsp3) is 0.417. The van der Waals surface area contributed by atoms with Crippen LogP contribution in [0.1, 0.15) is 13.8 Å². The van der Waals surface area contributed by atoms with Crippen LogP contribution in [-0.4, -0.2) is 30.0 Å². The highest BCUT2D eigenvalue weighted by atomic mass is 35.5. The lowest BCUT2D eigenvalue weighted by Gasteiger charge is -2.17. The summed E-state index contributed by atoms with van der Waals surface area (Å²) in [5.74, 6) is 0.614. The van der Waals surface area contributed by atoms with Crippen molar-refractivity contribution < 1.29 is 14.6 Å². The third kappa shape index (κ3) is 5.75. The predicted octanol–water partition coefficient (Wildman–Crippen LogP) is 1.74. The van der Waals surface area contributed by atoms with E-state index in [9.17, 15) is 4.79 Å². The molecule has 0 aromatic heterocycles. The minimum Gasteiger partial charge on any atom is -0.471 e. The molecular weight excluding hydrogens is 256 g/mol. The van der Waals surface area contributed by atoms with Gasteiger partial charge in [-0.1, -0.05) is 11.6 Å². The average molecular weight is 273 g/mol. The Morgan fingerprint density at radius 1 is 1.39 bits per heavy atom. The first-order valence-corrected chi connectivity index (χ1v) is 6.00. The van der Waals surface area contributed by atoms with Crippen molar-refractivity contribution in [2.75, 3.05) is 6.54 Å². The van der Waals surface area contributed by atoms with Crippen molar-refractivity contribution in [3.8, 4) is 5.75 Å². The average Bonchev–Trinajstić information content (AvgIpc) is 2.29. The van der Waals surface area contributed by atoms with E-state index in [-0.39, 0.29) is 6.54 Å². The fourth-order valence-corrected chi connectivity index (χ4v) is 1.35. The van der Waals surface area contributed by atoms with Crippen molar-refractivity contribution in [1.29, 1.82) is 0 Å². The molecule has 0 bridgehead atoms. The molecule has 0 aliphatic rings. The molecule has 0 spiro atoms. The first-order chi connectivity index (χ1) is 8.47. The Balaban J connectivity index is 2.34. The maximum atomic E-state index is 11.4. The third-order valence-corrected chi connectivity index (χ3v) is 2.27. The highest BCUT2D eigenvalue weighted by molar-refractivity contribution is 6.30. The summed E-state index contributed by atoms with van der Waals surface area (Å²) in [6.45, 7) is 3.49. The third-order valence-electron chi connectivity index (χ3n) is 2.02. The second-order valence-corrected chi connectivity index (χ2v) is 4.35. The summed E-state index contributed by atoms with van der Waals surface area (Å²) in [6, 6.07) is 6.45. The van der Waals surface area contributed by atoms with Crippen LogP contribution in [0.3, 0.4) is 0 Å². The lowest BCUT2D eigenvalue weighted by atomic mass is 10.3. The number of nitrogens with one attached hydrogen (secondary N) is 2. The van der Waals surface area contributed by atoms with Crippen LogP contribution in [0, 0.1) is 0 Å². The van der Waals surface area contributed by atoms with Crippen LogP contribution in [0.5, 0.6) is 5.75 Å². The molecule has 2 atom stereocenters. The van der Waals surface area contributed by atoms with E-state index < -0.39 is 18.4 Å². The molecule has 1 rings (SSSR count). The number of hydrogen-bond donors (Lipinski definition) is 3. The van der Waals surface area contributed by atoms with Gasteiger partial charge in [0.25, 0.3) is 0 Å². The molecule has 0 saturated carbocycles. The number of benzene rings is 1. The molecule has 0 aliphatic heterocycles. The number of amides is 2. The molecule has 0 saturated heterocycles. The summed E-state index contributed by atoms with van der Waals surface area (Å²) >= 11 is 5.74. The van der Waals surface area contributed by atoms with E-state index in [1.165, 1.54) is 0 Å². The number of hydrogen-bond acceptors (Lipinski definition) is 3. The number of carbonyl (C=O) groups is 1. The van der Waals surface area contributed by atoms with Gasteiger partial charge in [-0.25, -0.2) is 4.79 Å². The fourth-order valence-electron chi connectivity index (χ4n) is 1.22. The van der Waals surface area contributed by atoms with Crippen LogP contribution in [0.15, 0.2) is 24.3 Å². The van der Waals surface area contributed by atoms with Crippen LogP contribution in [0.4, 0.5) is 4.79 Å². The Morgan fingerprint density at radius 2 is 2.00 bits per heavy atom. The van der Waals surface area contributed by atoms with E-state index in [1.807, 2.05) is 0 Å². The SMILES string of the molecule is CC(O)CNC(=O)NC(C)Oc1ccc(Cl)cc1. The van der Waals surface area contributed by atoms with Gasteiger partial charge in [0.15, 0.2) is 6.23 Å². The van der Waals surface area contributed by atoms with E-state index in [4.69, 9.17) is 21.4 Å². The molecule has 2 unspecified atom stereocenters. The zero-order chi connectivity index (χ0) is 13.5. The quantitative estimate of drug-likeness (QED) is 0.715. The van der Waals surface area contributed by atoms with Gasteiger partial charge in [0.1, 0.15) is 5.75 Å². The van der Waals surface area contributed by atoms with Gasteiger partial charge in [-0.2, -0.15) is 0 Å². The lowest BCUT2D eigenvalue weighted by Crippen LogP contribution is -2.45. The molecule has 6 heteroatoms. The number of aliphatic hydroxyl groups is 1. The van der Waals surface area contributed by atoms with E-state index in [0.717, 1.165) is 0 Å². The van der Waals surface area contributed by atoms with Crippen LogP contribution >= 0.6 is 11.6 Å². The topological polar surface area (TPSA) is 70.6 Å². The normalized spacial score (nSPS) is 13.6. The first-order valence-electron chi connectivity index (χ1n) is 5.62. The number of rotatable bonds is 5. The highest BCUT2D eigenvalue weighted by Crippen LogP contribution is 2.16. The van der Waals surface area contributed by atoms with Gasteiger partial charge in [0, 0.05) is 11.6 Å². The van der Waals surface area contributed by atoms with Crippen molar-refractivity contribution in [3.63, 3.8) is 0 Å². The highest BCUT2D eigenvalue weighted by Gasteiger charge is 2.08. The van der Waals surface area contributed by atoms with Gasteiger partial charge in [-0.05, 0) is 38.1 Å². The number of carbonyl (C=O) groups excluding carboxylic acids is 1. The Bertz CT molecular complexity index is 381. The molecule has 0 aliphatic carbocycles. The Kier molecular flexibility index (Phi) is 5.74. The number of urea groups is 1. The summed E-state index contributed by atoms with van der Waals surface area (Å²) in [6.07, 6.45) is -1.07. The van der Waals surface area contributed by atoms with E-state index in [1.54, 1.807) is 38.1 Å². The summed E-state index contributed by atoms with van der Waals surface area (Å²) in [5, 5.41) is 14.7. The smallest absolute Gasteiger partial charge is 0.317 e. The Labute approximate surface area is 111 Å². The zero-order valence-electron chi connectivity index (χ0n) is 10.3.